The molecule has 0 saturated carbocycles. The number of hydrogen-bond acceptors (Lipinski definition) is 3. The molecule has 0 aliphatic heterocycles. The highest BCUT2D eigenvalue weighted by Crippen LogP contribution is 2.18. The second kappa shape index (κ2) is 15.2. The van der Waals surface area contributed by atoms with Crippen LogP contribution in [-0.4, -0.2) is 29.4 Å². The van der Waals surface area contributed by atoms with Crippen molar-refractivity contribution in [2.75, 3.05) is 0 Å². The molecule has 4 nitrogen and oxygen atoms in total. The third-order valence-corrected chi connectivity index (χ3v) is 6.07. The standard InChI is InChI=1S/C19H40O4S/c1-3-5-7-8-9-10-11-12-14-18(20)15-13-17-19(16-6-4-2)24(21,22)23/h18-20H,3-17H2,1-2H3,(H,21,22,23). The first kappa shape index (κ1) is 23.9. The summed E-state index contributed by atoms with van der Waals surface area (Å²) in [6.07, 6.45) is 14.5. The average molecular weight is 365 g/mol. The number of hydrogen-bond donors (Lipinski definition) is 2. The van der Waals surface area contributed by atoms with E-state index in [1.807, 2.05) is 6.92 Å². The van der Waals surface area contributed by atoms with Crippen molar-refractivity contribution in [3.8, 4) is 0 Å². The fourth-order valence-electron chi connectivity index (χ4n) is 3.11. The minimum absolute atomic E-state index is 0.335. The molecule has 0 radical (unpaired) electrons. The van der Waals surface area contributed by atoms with E-state index in [1.54, 1.807) is 0 Å². The molecule has 2 unspecified atom stereocenters. The third-order valence-electron chi connectivity index (χ3n) is 4.76. The van der Waals surface area contributed by atoms with Crippen LogP contribution >= 0.6 is 0 Å². The lowest BCUT2D eigenvalue weighted by Crippen LogP contribution is -2.21. The van der Waals surface area contributed by atoms with Gasteiger partial charge >= 0.3 is 0 Å². The van der Waals surface area contributed by atoms with Crippen molar-refractivity contribution < 1.29 is 18.1 Å². The summed E-state index contributed by atoms with van der Waals surface area (Å²) in [6, 6.07) is 0. The van der Waals surface area contributed by atoms with Crippen molar-refractivity contribution in [2.24, 2.45) is 0 Å². The Morgan fingerprint density at radius 1 is 0.667 bits per heavy atom. The van der Waals surface area contributed by atoms with E-state index in [1.165, 1.54) is 44.9 Å². The minimum Gasteiger partial charge on any atom is -0.393 e. The molecule has 0 aliphatic rings. The molecule has 2 atom stereocenters. The molecule has 0 aromatic heterocycles. The number of aliphatic hydroxyl groups is 1. The Morgan fingerprint density at radius 3 is 1.67 bits per heavy atom. The van der Waals surface area contributed by atoms with Crippen LogP contribution in [0.15, 0.2) is 0 Å². The molecule has 0 rings (SSSR count). The summed E-state index contributed by atoms with van der Waals surface area (Å²) in [5.74, 6) is 0. The van der Waals surface area contributed by atoms with Gasteiger partial charge in [-0.05, 0) is 32.1 Å². The maximum absolute atomic E-state index is 11.3. The molecule has 0 saturated heterocycles. The molecule has 0 amide bonds. The lowest BCUT2D eigenvalue weighted by atomic mass is 10.0. The van der Waals surface area contributed by atoms with E-state index in [-0.39, 0.29) is 6.10 Å². The van der Waals surface area contributed by atoms with E-state index in [0.717, 1.165) is 25.7 Å². The zero-order chi connectivity index (χ0) is 18.3. The molecule has 2 N–H and O–H groups in total. The van der Waals surface area contributed by atoms with Crippen LogP contribution in [0, 0.1) is 0 Å². The van der Waals surface area contributed by atoms with E-state index in [2.05, 4.69) is 6.92 Å². The Hall–Kier alpha value is -0.130. The quantitative estimate of drug-likeness (QED) is 0.264. The van der Waals surface area contributed by atoms with Gasteiger partial charge in [-0.3, -0.25) is 4.55 Å². The largest absolute Gasteiger partial charge is 0.393 e. The number of rotatable bonds is 17. The second-order valence-corrected chi connectivity index (χ2v) is 8.82. The monoisotopic (exact) mass is 364 g/mol. The van der Waals surface area contributed by atoms with Crippen molar-refractivity contribution in [3.63, 3.8) is 0 Å². The fourth-order valence-corrected chi connectivity index (χ4v) is 4.04. The van der Waals surface area contributed by atoms with Gasteiger partial charge in [0.05, 0.1) is 11.4 Å². The highest BCUT2D eigenvalue weighted by atomic mass is 32.2. The van der Waals surface area contributed by atoms with Gasteiger partial charge in [0, 0.05) is 0 Å². The van der Waals surface area contributed by atoms with Crippen molar-refractivity contribution in [3.05, 3.63) is 0 Å². The van der Waals surface area contributed by atoms with Crippen molar-refractivity contribution >= 4 is 10.1 Å². The Labute approximate surface area is 150 Å². The van der Waals surface area contributed by atoms with E-state index in [9.17, 15) is 18.1 Å². The van der Waals surface area contributed by atoms with Gasteiger partial charge in [0.2, 0.25) is 0 Å². The van der Waals surface area contributed by atoms with E-state index >= 15 is 0 Å². The summed E-state index contributed by atoms with van der Waals surface area (Å²) in [5, 5.41) is 9.34. The molecular formula is C19H40O4S. The van der Waals surface area contributed by atoms with Crippen LogP contribution in [0.1, 0.15) is 110 Å². The third kappa shape index (κ3) is 14.2. The van der Waals surface area contributed by atoms with E-state index in [0.29, 0.717) is 25.7 Å². The van der Waals surface area contributed by atoms with Crippen LogP contribution < -0.4 is 0 Å². The minimum atomic E-state index is -3.95. The molecular weight excluding hydrogens is 324 g/mol. The first-order valence-corrected chi connectivity index (χ1v) is 11.6. The molecule has 0 fully saturated rings. The zero-order valence-electron chi connectivity index (χ0n) is 15.9. The molecule has 146 valence electrons. The van der Waals surface area contributed by atoms with Gasteiger partial charge in [0.25, 0.3) is 10.1 Å². The lowest BCUT2D eigenvalue weighted by molar-refractivity contribution is 0.147. The molecule has 24 heavy (non-hydrogen) atoms. The average Bonchev–Trinajstić information content (AvgIpc) is 2.52. The van der Waals surface area contributed by atoms with Gasteiger partial charge in [-0.1, -0.05) is 78.1 Å². The van der Waals surface area contributed by atoms with Gasteiger partial charge in [0.1, 0.15) is 0 Å². The molecule has 5 heteroatoms. The normalized spacial score (nSPS) is 14.7. The predicted octanol–water partition coefficient (Wildman–Crippen LogP) is 5.50. The number of unbranched alkanes of at least 4 members (excludes halogenated alkanes) is 8. The molecule has 0 spiro atoms. The summed E-state index contributed by atoms with van der Waals surface area (Å²) in [4.78, 5) is 0. The van der Waals surface area contributed by atoms with Crippen LogP contribution in [0.2, 0.25) is 0 Å². The van der Waals surface area contributed by atoms with E-state index < -0.39 is 15.4 Å². The summed E-state index contributed by atoms with van der Waals surface area (Å²) < 4.78 is 31.9. The van der Waals surface area contributed by atoms with Gasteiger partial charge in [-0.15, -0.1) is 0 Å². The van der Waals surface area contributed by atoms with Crippen LogP contribution in [0.25, 0.3) is 0 Å². The Morgan fingerprint density at radius 2 is 1.12 bits per heavy atom. The van der Waals surface area contributed by atoms with Crippen LogP contribution in [-0.2, 0) is 10.1 Å². The SMILES string of the molecule is CCCCCCCCCCC(O)CCCC(CCCC)S(=O)(=O)O. The second-order valence-electron chi connectivity index (χ2n) is 7.13. The molecule has 0 aliphatic carbocycles. The summed E-state index contributed by atoms with van der Waals surface area (Å²) >= 11 is 0. The van der Waals surface area contributed by atoms with Crippen molar-refractivity contribution in [1.29, 1.82) is 0 Å². The fraction of sp³-hybridized carbons (Fsp3) is 1.00. The van der Waals surface area contributed by atoms with Crippen LogP contribution in [0.4, 0.5) is 0 Å². The smallest absolute Gasteiger partial charge is 0.267 e. The van der Waals surface area contributed by atoms with Gasteiger partial charge in [-0.25, -0.2) is 0 Å². The van der Waals surface area contributed by atoms with Crippen LogP contribution in [0.3, 0.4) is 0 Å². The van der Waals surface area contributed by atoms with Crippen molar-refractivity contribution in [1.82, 2.24) is 0 Å². The Balaban J connectivity index is 3.68. The molecule has 0 aromatic rings. The summed E-state index contributed by atoms with van der Waals surface area (Å²) in [5.41, 5.74) is 0. The molecule has 0 bridgehead atoms. The highest BCUT2D eigenvalue weighted by Gasteiger charge is 2.22. The Bertz CT molecular complexity index is 368. The maximum Gasteiger partial charge on any atom is 0.267 e. The van der Waals surface area contributed by atoms with Gasteiger partial charge < -0.3 is 5.11 Å². The Kier molecular flexibility index (Phi) is 15.1. The van der Waals surface area contributed by atoms with Gasteiger partial charge in [-0.2, -0.15) is 8.42 Å². The maximum atomic E-state index is 11.3. The van der Waals surface area contributed by atoms with E-state index in [4.69, 9.17) is 0 Å². The predicted molar refractivity (Wildman–Crippen MR) is 102 cm³/mol. The highest BCUT2D eigenvalue weighted by molar-refractivity contribution is 7.86. The summed E-state index contributed by atoms with van der Waals surface area (Å²) in [6.45, 7) is 4.23. The first-order chi connectivity index (χ1) is 11.4. The molecule has 0 aromatic carbocycles. The van der Waals surface area contributed by atoms with Crippen LogP contribution in [0.5, 0.6) is 0 Å². The first-order valence-electron chi connectivity index (χ1n) is 10.1. The topological polar surface area (TPSA) is 74.6 Å². The zero-order valence-corrected chi connectivity index (χ0v) is 16.7. The summed E-state index contributed by atoms with van der Waals surface area (Å²) in [7, 11) is -3.95. The number of aliphatic hydroxyl groups excluding tert-OH is 1. The van der Waals surface area contributed by atoms with Crippen molar-refractivity contribution in [2.45, 2.75) is 122 Å². The lowest BCUT2D eigenvalue weighted by Gasteiger charge is -2.15. The molecule has 0 heterocycles. The van der Waals surface area contributed by atoms with Gasteiger partial charge in [0.15, 0.2) is 0 Å².